The maximum Gasteiger partial charge on any atom is 0.250 e. The van der Waals surface area contributed by atoms with Gasteiger partial charge in [0.15, 0.2) is 11.5 Å². The second kappa shape index (κ2) is 5.35. The molecule has 3 rings (SSSR count). The molecule has 0 atom stereocenters. The van der Waals surface area contributed by atoms with Gasteiger partial charge in [-0.2, -0.15) is 0 Å². The van der Waals surface area contributed by atoms with Gasteiger partial charge >= 0.3 is 0 Å². The van der Waals surface area contributed by atoms with E-state index in [2.05, 4.69) is 15.0 Å². The second-order valence-electron chi connectivity index (χ2n) is 4.96. The highest BCUT2D eigenvalue weighted by Crippen LogP contribution is 2.14. The molecule has 3 heterocycles. The van der Waals surface area contributed by atoms with Crippen LogP contribution < -0.4 is 11.3 Å². The molecule has 0 aromatic carbocycles. The number of aryl methyl sites for hydroxylation is 3. The minimum Gasteiger partial charge on any atom is -0.382 e. The van der Waals surface area contributed by atoms with Crippen molar-refractivity contribution in [3.8, 4) is 0 Å². The lowest BCUT2D eigenvalue weighted by atomic mass is 10.3. The highest BCUT2D eigenvalue weighted by Gasteiger charge is 2.07. The van der Waals surface area contributed by atoms with E-state index in [1.807, 2.05) is 23.8 Å². The van der Waals surface area contributed by atoms with Crippen molar-refractivity contribution in [2.75, 3.05) is 5.73 Å². The molecule has 3 aromatic rings. The summed E-state index contributed by atoms with van der Waals surface area (Å²) in [6, 6.07) is 3.57. The number of hydrogen-bond acceptors (Lipinski definition) is 5. The highest BCUT2D eigenvalue weighted by molar-refractivity contribution is 5.80. The lowest BCUT2D eigenvalue weighted by molar-refractivity contribution is 0.558. The number of fused-ring (bicyclic) bond motifs is 1. The van der Waals surface area contributed by atoms with Crippen LogP contribution in [0.3, 0.4) is 0 Å². The monoisotopic (exact) mass is 284 g/mol. The van der Waals surface area contributed by atoms with Gasteiger partial charge in [0.2, 0.25) is 0 Å². The van der Waals surface area contributed by atoms with E-state index in [-0.39, 0.29) is 5.56 Å². The van der Waals surface area contributed by atoms with Gasteiger partial charge in [0.25, 0.3) is 5.56 Å². The third kappa shape index (κ3) is 2.62. The molecule has 0 fully saturated rings. The Hall–Kier alpha value is -2.70. The molecule has 7 nitrogen and oxygen atoms in total. The van der Waals surface area contributed by atoms with Gasteiger partial charge in [-0.15, -0.1) is 0 Å². The van der Waals surface area contributed by atoms with Crippen LogP contribution in [0, 0.1) is 6.92 Å². The Kier molecular flexibility index (Phi) is 3.39. The maximum atomic E-state index is 11.8. The summed E-state index contributed by atoms with van der Waals surface area (Å²) in [5.74, 6) is 0.383. The molecule has 2 N–H and O–H groups in total. The molecule has 0 amide bonds. The van der Waals surface area contributed by atoms with Crippen molar-refractivity contribution in [1.29, 1.82) is 0 Å². The number of pyridine rings is 1. The van der Waals surface area contributed by atoms with Gasteiger partial charge < -0.3 is 14.9 Å². The molecule has 0 spiro atoms. The van der Waals surface area contributed by atoms with Crippen LogP contribution >= 0.6 is 0 Å². The van der Waals surface area contributed by atoms with Crippen LogP contribution in [0.4, 0.5) is 5.82 Å². The zero-order chi connectivity index (χ0) is 14.8. The Labute approximate surface area is 121 Å². The fourth-order valence-electron chi connectivity index (χ4n) is 2.27. The van der Waals surface area contributed by atoms with Gasteiger partial charge in [0.05, 0.1) is 6.33 Å². The van der Waals surface area contributed by atoms with Crippen LogP contribution in [-0.4, -0.2) is 24.1 Å². The number of nitrogen functional groups attached to an aromatic ring is 1. The Morgan fingerprint density at radius 2 is 2.00 bits per heavy atom. The van der Waals surface area contributed by atoms with Gasteiger partial charge in [-0.05, 0) is 25.0 Å². The summed E-state index contributed by atoms with van der Waals surface area (Å²) < 4.78 is 3.63. The summed E-state index contributed by atoms with van der Waals surface area (Å²) in [7, 11) is 0. The molecule has 0 aliphatic heterocycles. The molecule has 0 aliphatic carbocycles. The topological polar surface area (TPSA) is 91.6 Å². The van der Waals surface area contributed by atoms with Crippen molar-refractivity contribution >= 4 is 17.0 Å². The molecule has 21 heavy (non-hydrogen) atoms. The summed E-state index contributed by atoms with van der Waals surface area (Å²) in [5, 5.41) is 0. The Morgan fingerprint density at radius 1 is 1.19 bits per heavy atom. The first-order chi connectivity index (χ1) is 10.1. The second-order valence-corrected chi connectivity index (χ2v) is 4.96. The third-order valence-electron chi connectivity index (χ3n) is 3.38. The van der Waals surface area contributed by atoms with Crippen molar-refractivity contribution in [3.63, 3.8) is 0 Å². The minimum atomic E-state index is 0.0251. The van der Waals surface area contributed by atoms with E-state index >= 15 is 0 Å². The fourth-order valence-corrected chi connectivity index (χ4v) is 2.27. The number of nitrogens with zero attached hydrogens (tertiary/aromatic N) is 5. The van der Waals surface area contributed by atoms with Crippen LogP contribution in [0.1, 0.15) is 12.0 Å². The van der Waals surface area contributed by atoms with Crippen molar-refractivity contribution in [1.82, 2.24) is 24.1 Å². The van der Waals surface area contributed by atoms with Crippen molar-refractivity contribution in [3.05, 3.63) is 46.9 Å². The van der Waals surface area contributed by atoms with E-state index in [0.29, 0.717) is 24.4 Å². The molecular weight excluding hydrogens is 268 g/mol. The van der Waals surface area contributed by atoms with Crippen LogP contribution in [0.2, 0.25) is 0 Å². The summed E-state index contributed by atoms with van der Waals surface area (Å²) in [4.78, 5) is 24.1. The number of imidazole rings is 1. The van der Waals surface area contributed by atoms with Crippen molar-refractivity contribution in [2.45, 2.75) is 26.4 Å². The molecule has 0 radical (unpaired) electrons. The average Bonchev–Trinajstić information content (AvgIpc) is 2.86. The van der Waals surface area contributed by atoms with E-state index in [1.165, 1.54) is 6.33 Å². The number of hydrogen-bond donors (Lipinski definition) is 1. The van der Waals surface area contributed by atoms with Crippen LogP contribution in [0.25, 0.3) is 11.2 Å². The predicted octanol–water partition coefficient (Wildman–Crippen LogP) is 0.969. The largest absolute Gasteiger partial charge is 0.382 e. The molecule has 3 aromatic heterocycles. The summed E-state index contributed by atoms with van der Waals surface area (Å²) in [6.07, 6.45) is 5.76. The standard InChI is InChI=1S/C14H16N6O/c1-10-3-6-19(11(21)7-10)4-2-5-20-9-18-12-13(15)16-8-17-14(12)20/h3,6-9H,2,4-5H2,1H3,(H2,15,16,17). The van der Waals surface area contributed by atoms with Crippen LogP contribution in [-0.2, 0) is 13.1 Å². The fraction of sp³-hybridized carbons (Fsp3) is 0.286. The van der Waals surface area contributed by atoms with Crippen LogP contribution in [0.15, 0.2) is 35.8 Å². The third-order valence-corrected chi connectivity index (χ3v) is 3.38. The average molecular weight is 284 g/mol. The molecule has 7 heteroatoms. The molecule has 0 saturated heterocycles. The van der Waals surface area contributed by atoms with Crippen molar-refractivity contribution in [2.24, 2.45) is 0 Å². The number of aromatic nitrogens is 5. The molecule has 0 saturated carbocycles. The number of nitrogens with two attached hydrogens (primary N) is 1. The van der Waals surface area contributed by atoms with E-state index in [9.17, 15) is 4.79 Å². The SMILES string of the molecule is Cc1ccn(CCCn2cnc3c(N)ncnc32)c(=O)c1. The summed E-state index contributed by atoms with van der Waals surface area (Å²) in [5.41, 5.74) is 8.09. The minimum absolute atomic E-state index is 0.0251. The Morgan fingerprint density at radius 3 is 2.81 bits per heavy atom. The quantitative estimate of drug-likeness (QED) is 0.770. The van der Waals surface area contributed by atoms with Crippen LogP contribution in [0.5, 0.6) is 0 Å². The van der Waals surface area contributed by atoms with E-state index in [0.717, 1.165) is 17.6 Å². The predicted molar refractivity (Wildman–Crippen MR) is 79.8 cm³/mol. The van der Waals surface area contributed by atoms with Crippen molar-refractivity contribution < 1.29 is 0 Å². The number of rotatable bonds is 4. The highest BCUT2D eigenvalue weighted by atomic mass is 16.1. The molecule has 0 bridgehead atoms. The molecule has 0 unspecified atom stereocenters. The van der Waals surface area contributed by atoms with Gasteiger partial charge in [0.1, 0.15) is 11.8 Å². The molecule has 108 valence electrons. The van der Waals surface area contributed by atoms with E-state index < -0.39 is 0 Å². The zero-order valence-corrected chi connectivity index (χ0v) is 11.7. The maximum absolute atomic E-state index is 11.8. The first kappa shape index (κ1) is 13.3. The van der Waals surface area contributed by atoms with Gasteiger partial charge in [-0.3, -0.25) is 4.79 Å². The first-order valence-electron chi connectivity index (χ1n) is 6.73. The molecule has 0 aliphatic rings. The normalized spacial score (nSPS) is 11.1. The lowest BCUT2D eigenvalue weighted by Gasteiger charge is -2.07. The summed E-state index contributed by atoms with van der Waals surface area (Å²) in [6.45, 7) is 3.28. The van der Waals surface area contributed by atoms with Gasteiger partial charge in [0, 0.05) is 25.4 Å². The Balaban J connectivity index is 1.72. The zero-order valence-electron chi connectivity index (χ0n) is 11.7. The number of anilines is 1. The Bertz CT molecular complexity index is 835. The van der Waals surface area contributed by atoms with E-state index in [1.54, 1.807) is 17.0 Å². The smallest absolute Gasteiger partial charge is 0.250 e. The lowest BCUT2D eigenvalue weighted by Crippen LogP contribution is -2.19. The van der Waals surface area contributed by atoms with Gasteiger partial charge in [-0.1, -0.05) is 0 Å². The van der Waals surface area contributed by atoms with E-state index in [4.69, 9.17) is 5.73 Å². The summed E-state index contributed by atoms with van der Waals surface area (Å²) >= 11 is 0. The van der Waals surface area contributed by atoms with Gasteiger partial charge in [-0.25, -0.2) is 15.0 Å². The molecular formula is C14H16N6O. The first-order valence-corrected chi connectivity index (χ1v) is 6.73.